The van der Waals surface area contributed by atoms with Gasteiger partial charge in [-0.1, -0.05) is 24.4 Å². The van der Waals surface area contributed by atoms with E-state index in [1.165, 1.54) is 19.3 Å². The van der Waals surface area contributed by atoms with Gasteiger partial charge >= 0.3 is 0 Å². The molecule has 0 amide bonds. The molecule has 0 unspecified atom stereocenters. The molecule has 0 radical (unpaired) electrons. The number of aliphatic hydroxyl groups excluding tert-OH is 1. The lowest BCUT2D eigenvalue weighted by Crippen LogP contribution is -2.26. The van der Waals surface area contributed by atoms with Gasteiger partial charge in [0.15, 0.2) is 0 Å². The Labute approximate surface area is 85.1 Å². The van der Waals surface area contributed by atoms with Gasteiger partial charge in [-0.2, -0.15) is 0 Å². The van der Waals surface area contributed by atoms with Crippen LogP contribution in [0.5, 0.6) is 0 Å². The molecule has 1 saturated carbocycles. The molecular weight excluding hydrogens is 180 g/mol. The molecule has 0 atom stereocenters. The van der Waals surface area contributed by atoms with Gasteiger partial charge in [-0.25, -0.2) is 0 Å². The summed E-state index contributed by atoms with van der Waals surface area (Å²) in [4.78, 5) is 4.99. The van der Waals surface area contributed by atoms with Gasteiger partial charge in [0, 0.05) is 18.9 Å². The maximum Gasteiger partial charge on any atom is 0.142 e. The van der Waals surface area contributed by atoms with Crippen LogP contribution in [0.2, 0.25) is 0 Å². The van der Waals surface area contributed by atoms with Gasteiger partial charge in [0.2, 0.25) is 0 Å². The van der Waals surface area contributed by atoms with Gasteiger partial charge < -0.3 is 15.7 Å². The molecule has 0 aliphatic heterocycles. The number of nitrogens with zero attached hydrogens (tertiary/aromatic N) is 1. The topological polar surface area (TPSA) is 67.8 Å². The van der Waals surface area contributed by atoms with E-state index in [0.29, 0.717) is 24.8 Å². The highest BCUT2D eigenvalue weighted by Crippen LogP contribution is 2.23. The molecule has 1 fully saturated rings. The van der Waals surface area contributed by atoms with Crippen molar-refractivity contribution in [3.8, 4) is 0 Å². The van der Waals surface area contributed by atoms with Gasteiger partial charge in [-0.05, 0) is 12.8 Å². The predicted octanol–water partition coefficient (Wildman–Crippen LogP) is 1.24. The number of aliphatic hydroxyl groups is 1. The average Bonchev–Trinajstić information content (AvgIpc) is 2.25. The van der Waals surface area contributed by atoms with Crippen molar-refractivity contribution in [1.82, 2.24) is 0 Å². The largest absolute Gasteiger partial charge is 0.396 e. The van der Waals surface area contributed by atoms with E-state index < -0.39 is 0 Å². The van der Waals surface area contributed by atoms with Crippen LogP contribution in [0.1, 0.15) is 38.5 Å². The van der Waals surface area contributed by atoms with Crippen LogP contribution in [-0.4, -0.2) is 24.2 Å². The lowest BCUT2D eigenvalue weighted by Gasteiger charge is -2.20. The van der Waals surface area contributed by atoms with Gasteiger partial charge in [0.25, 0.3) is 0 Å². The number of rotatable bonds is 5. The molecule has 3 N–H and O–H groups in total. The van der Waals surface area contributed by atoms with Crippen molar-refractivity contribution in [1.29, 1.82) is 0 Å². The van der Waals surface area contributed by atoms with Crippen molar-refractivity contribution in [3.63, 3.8) is 0 Å². The molecule has 4 heteroatoms. The monoisotopic (exact) mass is 200 g/mol. The van der Waals surface area contributed by atoms with Crippen LogP contribution in [0.15, 0.2) is 5.16 Å². The molecule has 4 nitrogen and oxygen atoms in total. The maximum atomic E-state index is 8.52. The van der Waals surface area contributed by atoms with Crippen molar-refractivity contribution in [2.45, 2.75) is 38.5 Å². The van der Waals surface area contributed by atoms with Crippen molar-refractivity contribution in [2.24, 2.45) is 16.8 Å². The summed E-state index contributed by atoms with van der Waals surface area (Å²) in [6.07, 6.45) is 6.70. The third-order valence-corrected chi connectivity index (χ3v) is 2.59. The number of hydrogen-bond acceptors (Lipinski definition) is 3. The molecule has 0 spiro atoms. The molecule has 1 rings (SSSR count). The predicted molar refractivity (Wildman–Crippen MR) is 55.9 cm³/mol. The minimum absolute atomic E-state index is 0.138. The Morgan fingerprint density at radius 1 is 1.36 bits per heavy atom. The van der Waals surface area contributed by atoms with E-state index in [9.17, 15) is 0 Å². The van der Waals surface area contributed by atoms with Crippen LogP contribution in [-0.2, 0) is 4.84 Å². The zero-order chi connectivity index (χ0) is 10.2. The van der Waals surface area contributed by atoms with Crippen molar-refractivity contribution in [2.75, 3.05) is 13.2 Å². The molecule has 0 aromatic heterocycles. The minimum Gasteiger partial charge on any atom is -0.396 e. The van der Waals surface area contributed by atoms with E-state index in [0.717, 1.165) is 12.8 Å². The molecule has 0 aromatic carbocycles. The normalized spacial score (nSPS) is 19.6. The summed E-state index contributed by atoms with van der Waals surface area (Å²) < 4.78 is 0. The molecular formula is C10H20N2O2. The van der Waals surface area contributed by atoms with E-state index in [1.807, 2.05) is 0 Å². The number of nitrogens with two attached hydrogens (primary N) is 1. The fourth-order valence-electron chi connectivity index (χ4n) is 1.72. The van der Waals surface area contributed by atoms with E-state index in [1.54, 1.807) is 0 Å². The second kappa shape index (κ2) is 6.65. The lowest BCUT2D eigenvalue weighted by atomic mass is 9.89. The SMILES string of the molecule is NC(=NOCCCO)C1CCCCC1. The van der Waals surface area contributed by atoms with Gasteiger partial charge in [0.05, 0.1) is 0 Å². The first-order chi connectivity index (χ1) is 6.84. The smallest absolute Gasteiger partial charge is 0.142 e. The first kappa shape index (κ1) is 11.3. The fourth-order valence-corrected chi connectivity index (χ4v) is 1.72. The highest BCUT2D eigenvalue weighted by Gasteiger charge is 2.17. The Kier molecular flexibility index (Phi) is 5.37. The molecule has 0 saturated heterocycles. The molecule has 14 heavy (non-hydrogen) atoms. The molecule has 0 bridgehead atoms. The molecule has 0 aromatic rings. The summed E-state index contributed by atoms with van der Waals surface area (Å²) in [5.74, 6) is 1.04. The van der Waals surface area contributed by atoms with Gasteiger partial charge in [0.1, 0.15) is 12.4 Å². The highest BCUT2D eigenvalue weighted by atomic mass is 16.6. The zero-order valence-electron chi connectivity index (χ0n) is 8.61. The summed E-state index contributed by atoms with van der Waals surface area (Å²) in [6, 6.07) is 0. The van der Waals surface area contributed by atoms with Crippen LogP contribution in [0.4, 0.5) is 0 Å². The van der Waals surface area contributed by atoms with E-state index >= 15 is 0 Å². The first-order valence-electron chi connectivity index (χ1n) is 5.40. The summed E-state index contributed by atoms with van der Waals surface area (Å²) in [5, 5.41) is 12.4. The van der Waals surface area contributed by atoms with Crippen LogP contribution < -0.4 is 5.73 Å². The molecule has 1 aliphatic rings. The summed E-state index contributed by atoms with van der Waals surface area (Å²) in [5.41, 5.74) is 5.79. The highest BCUT2D eigenvalue weighted by molar-refractivity contribution is 5.82. The van der Waals surface area contributed by atoms with Gasteiger partial charge in [-0.15, -0.1) is 0 Å². The Balaban J connectivity index is 2.20. The second-order valence-corrected chi connectivity index (χ2v) is 3.76. The third-order valence-electron chi connectivity index (χ3n) is 2.59. The minimum atomic E-state index is 0.138. The van der Waals surface area contributed by atoms with Crippen LogP contribution in [0.3, 0.4) is 0 Å². The Bertz CT molecular complexity index is 177. The van der Waals surface area contributed by atoms with Crippen molar-refractivity contribution < 1.29 is 9.94 Å². The van der Waals surface area contributed by atoms with E-state index in [-0.39, 0.29) is 6.61 Å². The average molecular weight is 200 g/mol. The number of oxime groups is 1. The standard InChI is InChI=1S/C10H20N2O2/c11-10(12-14-8-4-7-13)9-5-2-1-3-6-9/h9,13H,1-8H2,(H2,11,12). The third kappa shape index (κ3) is 3.96. The Hall–Kier alpha value is -0.770. The second-order valence-electron chi connectivity index (χ2n) is 3.76. The van der Waals surface area contributed by atoms with E-state index in [4.69, 9.17) is 15.7 Å². The molecule has 0 heterocycles. The first-order valence-corrected chi connectivity index (χ1v) is 5.40. The van der Waals surface area contributed by atoms with Crippen molar-refractivity contribution in [3.05, 3.63) is 0 Å². The number of hydrogen-bond donors (Lipinski definition) is 2. The van der Waals surface area contributed by atoms with Crippen LogP contribution in [0, 0.1) is 5.92 Å². The molecule has 82 valence electrons. The van der Waals surface area contributed by atoms with Crippen LogP contribution >= 0.6 is 0 Å². The molecule has 1 aliphatic carbocycles. The summed E-state index contributed by atoms with van der Waals surface area (Å²) in [7, 11) is 0. The van der Waals surface area contributed by atoms with Crippen molar-refractivity contribution >= 4 is 5.84 Å². The van der Waals surface area contributed by atoms with Gasteiger partial charge in [-0.3, -0.25) is 0 Å². The zero-order valence-corrected chi connectivity index (χ0v) is 8.61. The maximum absolute atomic E-state index is 8.52. The summed E-state index contributed by atoms with van der Waals surface area (Å²) >= 11 is 0. The van der Waals surface area contributed by atoms with Crippen LogP contribution in [0.25, 0.3) is 0 Å². The quantitative estimate of drug-likeness (QED) is 0.303. The number of amidine groups is 1. The Morgan fingerprint density at radius 3 is 2.71 bits per heavy atom. The summed E-state index contributed by atoms with van der Waals surface area (Å²) in [6.45, 7) is 0.586. The van der Waals surface area contributed by atoms with E-state index in [2.05, 4.69) is 5.16 Å². The lowest BCUT2D eigenvalue weighted by molar-refractivity contribution is 0.121. The fraction of sp³-hybridized carbons (Fsp3) is 0.900. The Morgan fingerprint density at radius 2 is 2.07 bits per heavy atom.